The summed E-state index contributed by atoms with van der Waals surface area (Å²) in [5.74, 6) is 1.21. The van der Waals surface area contributed by atoms with Gasteiger partial charge in [0.1, 0.15) is 5.49 Å². The molecule has 1 saturated heterocycles. The predicted molar refractivity (Wildman–Crippen MR) is 93.3 cm³/mol. The summed E-state index contributed by atoms with van der Waals surface area (Å²) in [5, 5.41) is 9.29. The van der Waals surface area contributed by atoms with Gasteiger partial charge in [0.2, 0.25) is 0 Å². The van der Waals surface area contributed by atoms with Gasteiger partial charge in [-0.15, -0.1) is 0 Å². The van der Waals surface area contributed by atoms with Crippen molar-refractivity contribution in [1.29, 1.82) is 5.41 Å². The Kier molecular flexibility index (Phi) is 5.17. The molecule has 0 saturated carbocycles. The number of H-pyrrole nitrogens is 1. The molecule has 130 valence electrons. The molecule has 1 aliphatic rings. The highest BCUT2D eigenvalue weighted by Gasteiger charge is 2.13. The topological polar surface area (TPSA) is 75.5 Å². The van der Waals surface area contributed by atoms with E-state index in [9.17, 15) is 0 Å². The van der Waals surface area contributed by atoms with Crippen molar-refractivity contribution in [2.45, 2.75) is 6.54 Å². The summed E-state index contributed by atoms with van der Waals surface area (Å²) in [4.78, 5) is 5.51. The molecule has 0 unspecified atom stereocenters. The van der Waals surface area contributed by atoms with E-state index >= 15 is 0 Å². The zero-order chi connectivity index (χ0) is 17.1. The number of hydrogen-bond donors (Lipinski definition) is 2. The van der Waals surface area contributed by atoms with Crippen LogP contribution in [-0.4, -0.2) is 61.5 Å². The van der Waals surface area contributed by atoms with Crippen LogP contribution in [0.5, 0.6) is 11.5 Å². The van der Waals surface area contributed by atoms with E-state index in [1.165, 1.54) is 0 Å². The zero-order valence-corrected chi connectivity index (χ0v) is 14.7. The monoisotopic (exact) mass is 350 g/mol. The highest BCUT2D eigenvalue weighted by molar-refractivity contribution is 7.71. The quantitative estimate of drug-likeness (QED) is 0.800. The summed E-state index contributed by atoms with van der Waals surface area (Å²) in [6.45, 7) is 4.88. The number of rotatable bonds is 5. The Balaban J connectivity index is 1.96. The van der Waals surface area contributed by atoms with Crippen LogP contribution in [0.15, 0.2) is 12.1 Å². The van der Waals surface area contributed by atoms with E-state index in [-0.39, 0.29) is 0 Å². The summed E-state index contributed by atoms with van der Waals surface area (Å²) >= 11 is 5.45. The summed E-state index contributed by atoms with van der Waals surface area (Å²) < 4.78 is 18.4. The second kappa shape index (κ2) is 7.33. The molecule has 0 radical (unpaired) electrons. The van der Waals surface area contributed by atoms with Crippen LogP contribution in [0.3, 0.4) is 0 Å². The Labute approximate surface area is 145 Å². The van der Waals surface area contributed by atoms with Crippen molar-refractivity contribution in [1.82, 2.24) is 14.5 Å². The number of nitrogens with zero attached hydrogens (tertiary/aromatic N) is 2. The third-order valence-corrected chi connectivity index (χ3v) is 4.60. The molecule has 2 heterocycles. The summed E-state index contributed by atoms with van der Waals surface area (Å²) in [6.07, 6.45) is 0. The van der Waals surface area contributed by atoms with E-state index < -0.39 is 0 Å². The van der Waals surface area contributed by atoms with Crippen molar-refractivity contribution in [3.8, 4) is 11.5 Å². The molecule has 1 fully saturated rings. The standard InChI is InChI=1S/C16H22N4O3S/c1-21-13-9-11-12(10-14(13)22-2)18-16(24)20(15(11)17)4-3-19-5-7-23-8-6-19/h9-10,17H,3-8H2,1-2H3,(H,18,24). The molecule has 1 aromatic heterocycles. The second-order valence-electron chi connectivity index (χ2n) is 5.64. The number of benzene rings is 1. The lowest BCUT2D eigenvalue weighted by Gasteiger charge is -2.26. The van der Waals surface area contributed by atoms with Crippen LogP contribution >= 0.6 is 12.2 Å². The average molecular weight is 350 g/mol. The fraction of sp³-hybridized carbons (Fsp3) is 0.500. The molecule has 8 heteroatoms. The Morgan fingerprint density at radius 1 is 1.17 bits per heavy atom. The Bertz CT molecular complexity index is 840. The minimum absolute atomic E-state index is 0.378. The van der Waals surface area contributed by atoms with Crippen molar-refractivity contribution in [3.05, 3.63) is 22.4 Å². The van der Waals surface area contributed by atoms with Gasteiger partial charge in [0.25, 0.3) is 0 Å². The third kappa shape index (κ3) is 3.31. The van der Waals surface area contributed by atoms with Crippen molar-refractivity contribution in [2.75, 3.05) is 47.1 Å². The fourth-order valence-electron chi connectivity index (χ4n) is 2.89. The smallest absolute Gasteiger partial charge is 0.179 e. The number of aromatic amines is 1. The lowest BCUT2D eigenvalue weighted by atomic mass is 10.2. The first kappa shape index (κ1) is 16.9. The number of nitrogens with one attached hydrogen (secondary N) is 2. The molecule has 2 N–H and O–H groups in total. The Morgan fingerprint density at radius 3 is 2.50 bits per heavy atom. The van der Waals surface area contributed by atoms with E-state index in [0.717, 1.165) is 43.8 Å². The molecule has 3 rings (SSSR count). The van der Waals surface area contributed by atoms with Gasteiger partial charge < -0.3 is 23.8 Å². The molecule has 0 amide bonds. The molecule has 1 aliphatic heterocycles. The van der Waals surface area contributed by atoms with Gasteiger partial charge in [-0.3, -0.25) is 10.3 Å². The maximum Gasteiger partial charge on any atom is 0.179 e. The van der Waals surface area contributed by atoms with Crippen LogP contribution in [0.2, 0.25) is 0 Å². The Morgan fingerprint density at radius 2 is 1.83 bits per heavy atom. The first-order valence-electron chi connectivity index (χ1n) is 7.87. The third-order valence-electron chi connectivity index (χ3n) is 4.28. The molecule has 24 heavy (non-hydrogen) atoms. The van der Waals surface area contributed by atoms with Crippen LogP contribution in [0.25, 0.3) is 10.9 Å². The van der Waals surface area contributed by atoms with E-state index in [1.54, 1.807) is 14.2 Å². The maximum atomic E-state index is 8.53. The summed E-state index contributed by atoms with van der Waals surface area (Å²) in [5.41, 5.74) is 1.15. The normalized spacial score (nSPS) is 15.6. The minimum atomic E-state index is 0.378. The Hall–Kier alpha value is -1.90. The largest absolute Gasteiger partial charge is 0.493 e. The summed E-state index contributed by atoms with van der Waals surface area (Å²) in [6, 6.07) is 3.63. The highest BCUT2D eigenvalue weighted by Crippen LogP contribution is 2.29. The van der Waals surface area contributed by atoms with Gasteiger partial charge in [0.05, 0.1) is 33.0 Å². The van der Waals surface area contributed by atoms with Crippen molar-refractivity contribution in [3.63, 3.8) is 0 Å². The first-order valence-corrected chi connectivity index (χ1v) is 8.28. The molecule has 2 aromatic rings. The van der Waals surface area contributed by atoms with Crippen LogP contribution < -0.4 is 15.0 Å². The van der Waals surface area contributed by atoms with E-state index in [0.29, 0.717) is 28.3 Å². The number of hydrogen-bond acceptors (Lipinski definition) is 6. The first-order chi connectivity index (χ1) is 11.6. The van der Waals surface area contributed by atoms with Gasteiger partial charge in [-0.1, -0.05) is 0 Å². The van der Waals surface area contributed by atoms with Gasteiger partial charge in [-0.25, -0.2) is 0 Å². The SMILES string of the molecule is COc1cc2[nH]c(=S)n(CCN3CCOCC3)c(=N)c2cc1OC. The number of methoxy groups -OCH3 is 2. The van der Waals surface area contributed by atoms with Crippen LogP contribution in [0, 0.1) is 10.2 Å². The second-order valence-corrected chi connectivity index (χ2v) is 6.02. The number of aromatic nitrogens is 2. The molecule has 0 bridgehead atoms. The molecule has 0 aliphatic carbocycles. The van der Waals surface area contributed by atoms with Crippen molar-refractivity contribution in [2.24, 2.45) is 0 Å². The lowest BCUT2D eigenvalue weighted by Crippen LogP contribution is -2.39. The lowest BCUT2D eigenvalue weighted by molar-refractivity contribution is 0.0362. The van der Waals surface area contributed by atoms with E-state index in [1.807, 2.05) is 16.7 Å². The number of ether oxygens (including phenoxy) is 3. The van der Waals surface area contributed by atoms with Gasteiger partial charge in [-0.2, -0.15) is 0 Å². The van der Waals surface area contributed by atoms with E-state index in [4.69, 9.17) is 31.8 Å². The van der Waals surface area contributed by atoms with Crippen LogP contribution in [0.1, 0.15) is 0 Å². The zero-order valence-electron chi connectivity index (χ0n) is 13.9. The van der Waals surface area contributed by atoms with Crippen LogP contribution in [0.4, 0.5) is 0 Å². The minimum Gasteiger partial charge on any atom is -0.493 e. The number of morpholine rings is 1. The number of fused-ring (bicyclic) bond motifs is 1. The fourth-order valence-corrected chi connectivity index (χ4v) is 3.18. The van der Waals surface area contributed by atoms with Crippen LogP contribution in [-0.2, 0) is 11.3 Å². The van der Waals surface area contributed by atoms with Gasteiger partial charge >= 0.3 is 0 Å². The maximum absolute atomic E-state index is 8.53. The van der Waals surface area contributed by atoms with E-state index in [2.05, 4.69) is 9.88 Å². The molecular formula is C16H22N4O3S. The molecule has 0 spiro atoms. The average Bonchev–Trinajstić information content (AvgIpc) is 2.61. The summed E-state index contributed by atoms with van der Waals surface area (Å²) in [7, 11) is 3.18. The molecule has 1 aromatic carbocycles. The highest BCUT2D eigenvalue weighted by atomic mass is 32.1. The molecular weight excluding hydrogens is 328 g/mol. The van der Waals surface area contributed by atoms with Gasteiger partial charge in [0, 0.05) is 37.6 Å². The van der Waals surface area contributed by atoms with Crippen molar-refractivity contribution >= 4 is 23.1 Å². The predicted octanol–water partition coefficient (Wildman–Crippen LogP) is 1.53. The van der Waals surface area contributed by atoms with Crippen molar-refractivity contribution < 1.29 is 14.2 Å². The molecule has 0 atom stereocenters. The van der Waals surface area contributed by atoms with Gasteiger partial charge in [-0.05, 0) is 18.3 Å². The molecule has 7 nitrogen and oxygen atoms in total. The van der Waals surface area contributed by atoms with Gasteiger partial charge in [0.15, 0.2) is 16.3 Å².